The van der Waals surface area contributed by atoms with Crippen LogP contribution in [0.4, 0.5) is 0 Å². The van der Waals surface area contributed by atoms with Crippen molar-refractivity contribution in [1.29, 1.82) is 0 Å². The molecule has 29 heavy (non-hydrogen) atoms. The Kier molecular flexibility index (Phi) is 6.03. The van der Waals surface area contributed by atoms with Crippen LogP contribution < -0.4 is 4.74 Å². The Hall–Kier alpha value is -3.12. The highest BCUT2D eigenvalue weighted by Gasteiger charge is 2.46. The standard InChI is InChI=1S/C23H25NO5/c1-14-9-10-16(13-15(14)2)21(25)19-20(17-7-5-6-8-18(17)29-4)24(11-12-28-3)23(27)22(19)26/h5-10,13,20,25H,11-12H2,1-4H3/b21-19+. The van der Waals surface area contributed by atoms with Crippen LogP contribution in [-0.2, 0) is 14.3 Å². The van der Waals surface area contributed by atoms with Crippen LogP contribution in [0, 0.1) is 13.8 Å². The Labute approximate surface area is 170 Å². The van der Waals surface area contributed by atoms with Crippen LogP contribution in [0.25, 0.3) is 5.76 Å². The van der Waals surface area contributed by atoms with E-state index in [0.29, 0.717) is 16.9 Å². The first kappa shape index (κ1) is 20.6. The lowest BCUT2D eigenvalue weighted by molar-refractivity contribution is -0.140. The fraction of sp³-hybridized carbons (Fsp3) is 0.304. The lowest BCUT2D eigenvalue weighted by Gasteiger charge is -2.26. The zero-order valence-corrected chi connectivity index (χ0v) is 17.1. The lowest BCUT2D eigenvalue weighted by Crippen LogP contribution is -2.32. The molecule has 1 aliphatic rings. The summed E-state index contributed by atoms with van der Waals surface area (Å²) in [5, 5.41) is 11.1. The van der Waals surface area contributed by atoms with Gasteiger partial charge in [-0.25, -0.2) is 0 Å². The van der Waals surface area contributed by atoms with Gasteiger partial charge in [-0.3, -0.25) is 9.59 Å². The van der Waals surface area contributed by atoms with Crippen LogP contribution in [0.5, 0.6) is 5.75 Å². The summed E-state index contributed by atoms with van der Waals surface area (Å²) < 4.78 is 10.6. The number of benzene rings is 2. The monoisotopic (exact) mass is 395 g/mol. The second-order valence-electron chi connectivity index (χ2n) is 7.03. The number of carbonyl (C=O) groups excluding carboxylic acids is 2. The summed E-state index contributed by atoms with van der Waals surface area (Å²) in [6.45, 7) is 4.38. The van der Waals surface area contributed by atoms with Crippen molar-refractivity contribution in [2.75, 3.05) is 27.4 Å². The van der Waals surface area contributed by atoms with Gasteiger partial charge >= 0.3 is 0 Å². The molecular formula is C23H25NO5. The average Bonchev–Trinajstić information content (AvgIpc) is 2.98. The number of likely N-dealkylation sites (tertiary alicyclic amines) is 1. The first-order chi connectivity index (χ1) is 13.9. The third kappa shape index (κ3) is 3.76. The van der Waals surface area contributed by atoms with Gasteiger partial charge in [0.05, 0.1) is 25.3 Å². The number of aliphatic hydroxyl groups is 1. The number of aryl methyl sites for hydroxylation is 2. The highest BCUT2D eigenvalue weighted by molar-refractivity contribution is 6.46. The summed E-state index contributed by atoms with van der Waals surface area (Å²) in [7, 11) is 3.06. The van der Waals surface area contributed by atoms with E-state index in [2.05, 4.69) is 0 Å². The van der Waals surface area contributed by atoms with E-state index in [1.54, 1.807) is 18.2 Å². The second-order valence-corrected chi connectivity index (χ2v) is 7.03. The van der Waals surface area contributed by atoms with E-state index in [1.165, 1.54) is 19.1 Å². The van der Waals surface area contributed by atoms with Gasteiger partial charge in [0.1, 0.15) is 11.5 Å². The minimum absolute atomic E-state index is 0.0545. The van der Waals surface area contributed by atoms with Gasteiger partial charge in [-0.15, -0.1) is 0 Å². The molecule has 0 aliphatic carbocycles. The lowest BCUT2D eigenvalue weighted by atomic mass is 9.93. The molecule has 3 rings (SSSR count). The molecule has 1 heterocycles. The van der Waals surface area contributed by atoms with Crippen molar-refractivity contribution in [3.05, 3.63) is 70.3 Å². The summed E-state index contributed by atoms with van der Waals surface area (Å²) in [5.74, 6) is -1.04. The molecule has 1 amide bonds. The van der Waals surface area contributed by atoms with Crippen LogP contribution in [0.15, 0.2) is 48.0 Å². The molecule has 1 atom stereocenters. The number of hydrogen-bond acceptors (Lipinski definition) is 5. The molecule has 1 unspecified atom stereocenters. The number of ketones is 1. The topological polar surface area (TPSA) is 76.1 Å². The molecule has 0 aromatic heterocycles. The predicted octanol–water partition coefficient (Wildman–Crippen LogP) is 3.38. The Bertz CT molecular complexity index is 979. The number of hydrogen-bond donors (Lipinski definition) is 1. The molecule has 2 aromatic carbocycles. The minimum Gasteiger partial charge on any atom is -0.507 e. The van der Waals surface area contributed by atoms with Gasteiger partial charge in [0.15, 0.2) is 0 Å². The number of rotatable bonds is 6. The normalized spacial score (nSPS) is 18.3. The van der Waals surface area contributed by atoms with Gasteiger partial charge in [0, 0.05) is 24.8 Å². The maximum absolute atomic E-state index is 12.9. The molecule has 152 valence electrons. The number of aliphatic hydroxyl groups excluding tert-OH is 1. The van der Waals surface area contributed by atoms with E-state index in [4.69, 9.17) is 9.47 Å². The number of ether oxygens (including phenoxy) is 2. The molecule has 0 spiro atoms. The molecule has 1 fully saturated rings. The summed E-state index contributed by atoms with van der Waals surface area (Å²) in [6, 6.07) is 11.9. The first-order valence-electron chi connectivity index (χ1n) is 9.38. The van der Waals surface area contributed by atoms with Crippen molar-refractivity contribution in [2.24, 2.45) is 0 Å². The molecule has 1 saturated heterocycles. The Morgan fingerprint density at radius 3 is 2.45 bits per heavy atom. The molecule has 1 N–H and O–H groups in total. The van der Waals surface area contributed by atoms with Crippen LogP contribution in [-0.4, -0.2) is 49.1 Å². The number of nitrogens with zero attached hydrogens (tertiary/aromatic N) is 1. The Morgan fingerprint density at radius 2 is 1.79 bits per heavy atom. The van der Waals surface area contributed by atoms with Crippen molar-refractivity contribution < 1.29 is 24.2 Å². The summed E-state index contributed by atoms with van der Waals surface area (Å²) >= 11 is 0. The minimum atomic E-state index is -0.761. The van der Waals surface area contributed by atoms with Crippen molar-refractivity contribution >= 4 is 17.4 Å². The predicted molar refractivity (Wildman–Crippen MR) is 110 cm³/mol. The average molecular weight is 395 g/mol. The van der Waals surface area contributed by atoms with E-state index in [0.717, 1.165) is 11.1 Å². The van der Waals surface area contributed by atoms with Gasteiger partial charge < -0.3 is 19.5 Å². The van der Waals surface area contributed by atoms with Crippen LogP contribution >= 0.6 is 0 Å². The van der Waals surface area contributed by atoms with Gasteiger partial charge in [0.25, 0.3) is 11.7 Å². The molecule has 6 nitrogen and oxygen atoms in total. The third-order valence-electron chi connectivity index (χ3n) is 5.29. The summed E-state index contributed by atoms with van der Waals surface area (Å²) in [4.78, 5) is 27.2. The number of para-hydroxylation sites is 1. The maximum atomic E-state index is 12.9. The molecule has 0 bridgehead atoms. The van der Waals surface area contributed by atoms with Crippen molar-refractivity contribution in [2.45, 2.75) is 19.9 Å². The number of methoxy groups -OCH3 is 2. The SMILES string of the molecule is COCCN1C(=O)C(=O)/C(=C(/O)c2ccc(C)c(C)c2)C1c1ccccc1OC. The highest BCUT2D eigenvalue weighted by Crippen LogP contribution is 2.42. The van der Waals surface area contributed by atoms with Crippen molar-refractivity contribution in [1.82, 2.24) is 4.90 Å². The molecule has 0 radical (unpaired) electrons. The first-order valence-corrected chi connectivity index (χ1v) is 9.38. The van der Waals surface area contributed by atoms with E-state index in [9.17, 15) is 14.7 Å². The van der Waals surface area contributed by atoms with Gasteiger partial charge in [0.2, 0.25) is 0 Å². The Balaban J connectivity index is 2.22. The second kappa shape index (κ2) is 8.49. The largest absolute Gasteiger partial charge is 0.507 e. The van der Waals surface area contributed by atoms with Gasteiger partial charge in [-0.05, 0) is 37.1 Å². The van der Waals surface area contributed by atoms with E-state index >= 15 is 0 Å². The third-order valence-corrected chi connectivity index (χ3v) is 5.29. The molecular weight excluding hydrogens is 370 g/mol. The zero-order valence-electron chi connectivity index (χ0n) is 17.1. The van der Waals surface area contributed by atoms with Crippen LogP contribution in [0.3, 0.4) is 0 Å². The van der Waals surface area contributed by atoms with Crippen LogP contribution in [0.2, 0.25) is 0 Å². The molecule has 1 aliphatic heterocycles. The van der Waals surface area contributed by atoms with E-state index in [-0.39, 0.29) is 24.5 Å². The summed E-state index contributed by atoms with van der Waals surface area (Å²) in [6.07, 6.45) is 0. The maximum Gasteiger partial charge on any atom is 0.295 e. The molecule has 2 aromatic rings. The van der Waals surface area contributed by atoms with Crippen molar-refractivity contribution in [3.8, 4) is 5.75 Å². The Morgan fingerprint density at radius 1 is 1.07 bits per heavy atom. The quantitative estimate of drug-likeness (QED) is 0.461. The van der Waals surface area contributed by atoms with E-state index in [1.807, 2.05) is 38.1 Å². The number of carbonyl (C=O) groups is 2. The zero-order chi connectivity index (χ0) is 21.1. The van der Waals surface area contributed by atoms with E-state index < -0.39 is 17.7 Å². The smallest absolute Gasteiger partial charge is 0.295 e. The highest BCUT2D eigenvalue weighted by atomic mass is 16.5. The van der Waals surface area contributed by atoms with Crippen molar-refractivity contribution in [3.63, 3.8) is 0 Å². The molecule has 6 heteroatoms. The fourth-order valence-corrected chi connectivity index (χ4v) is 3.56. The van der Waals surface area contributed by atoms with Gasteiger partial charge in [-0.2, -0.15) is 0 Å². The van der Waals surface area contributed by atoms with Gasteiger partial charge in [-0.1, -0.05) is 30.3 Å². The molecule has 0 saturated carbocycles. The van der Waals surface area contributed by atoms with Crippen LogP contribution in [0.1, 0.15) is 28.3 Å². The number of amides is 1. The number of Topliss-reactive ketones (excluding diaryl/α,β-unsaturated/α-hetero) is 1. The summed E-state index contributed by atoms with van der Waals surface area (Å²) in [5.41, 5.74) is 3.24. The fourth-order valence-electron chi connectivity index (χ4n) is 3.56.